The van der Waals surface area contributed by atoms with Crippen LogP contribution in [0.4, 0.5) is 14.6 Å². The average Bonchev–Trinajstić information content (AvgIpc) is 3.92. The summed E-state index contributed by atoms with van der Waals surface area (Å²) in [5, 5.41) is 11.1. The standard InChI is InChI=1S/C36H28F2N6O3S/c37-21-7-3-18(4-8-21)5-11-25-28(34-42-43-36(46)47-34)29(30-31(40-25)26-2-1-15-44(26)35(30)45)27-17-20-13-14-39-33(32(20)48-27)41-24-12-6-19-16-22(38)9-10-23(19)24/h3-4,7-10,13-14,16-17,24,26H,1-2,5-6,11-12,15H2,(H,39,41)(H,43,46)/t24-,26+/m1/s1. The summed E-state index contributed by atoms with van der Waals surface area (Å²) >= 11 is 1.50. The molecule has 6 heterocycles. The number of aryl methyl sites for hydroxylation is 3. The van der Waals surface area contributed by atoms with Crippen molar-refractivity contribution in [2.24, 2.45) is 0 Å². The zero-order valence-corrected chi connectivity index (χ0v) is 26.4. The maximum absolute atomic E-state index is 14.1. The van der Waals surface area contributed by atoms with Crippen LogP contribution in [0.3, 0.4) is 0 Å². The molecule has 3 aliphatic rings. The van der Waals surface area contributed by atoms with Crippen LogP contribution in [-0.2, 0) is 19.3 Å². The van der Waals surface area contributed by atoms with Gasteiger partial charge in [-0.05, 0) is 97.0 Å². The number of amides is 1. The molecule has 4 aromatic heterocycles. The third-order valence-electron chi connectivity index (χ3n) is 9.73. The van der Waals surface area contributed by atoms with E-state index < -0.39 is 5.76 Å². The van der Waals surface area contributed by atoms with Crippen molar-refractivity contribution in [3.05, 3.63) is 117 Å². The summed E-state index contributed by atoms with van der Waals surface area (Å²) in [5.74, 6) is -0.594. The van der Waals surface area contributed by atoms with Gasteiger partial charge in [0.15, 0.2) is 0 Å². The number of aromatic nitrogens is 4. The maximum atomic E-state index is 14.1. The van der Waals surface area contributed by atoms with Crippen molar-refractivity contribution in [1.82, 2.24) is 25.1 Å². The summed E-state index contributed by atoms with van der Waals surface area (Å²) in [6, 6.07) is 15.1. The second-order valence-electron chi connectivity index (χ2n) is 12.5. The normalized spacial score (nSPS) is 18.0. The molecule has 2 aliphatic heterocycles. The number of nitrogens with one attached hydrogen (secondary N) is 2. The summed E-state index contributed by atoms with van der Waals surface area (Å²) in [5.41, 5.74) is 5.99. The molecular formula is C36H28F2N6O3S. The van der Waals surface area contributed by atoms with Crippen LogP contribution in [0.2, 0.25) is 0 Å². The minimum atomic E-state index is -0.711. The van der Waals surface area contributed by atoms with Crippen LogP contribution in [-0.4, -0.2) is 37.5 Å². The molecule has 240 valence electrons. The number of pyridine rings is 2. The lowest BCUT2D eigenvalue weighted by molar-refractivity contribution is 0.0776. The van der Waals surface area contributed by atoms with Crippen LogP contribution in [0.15, 0.2) is 70.0 Å². The van der Waals surface area contributed by atoms with E-state index in [0.717, 1.165) is 63.0 Å². The van der Waals surface area contributed by atoms with Gasteiger partial charge in [-0.3, -0.25) is 9.78 Å². The Kier molecular flexibility index (Phi) is 6.75. The molecule has 0 saturated carbocycles. The lowest BCUT2D eigenvalue weighted by Crippen LogP contribution is -2.22. The third-order valence-corrected chi connectivity index (χ3v) is 10.9. The van der Waals surface area contributed by atoms with Crippen LogP contribution in [0.25, 0.3) is 32.0 Å². The monoisotopic (exact) mass is 662 g/mol. The number of rotatable bonds is 7. The Bertz CT molecular complexity index is 2310. The second kappa shape index (κ2) is 11.2. The highest BCUT2D eigenvalue weighted by Gasteiger charge is 2.45. The highest BCUT2D eigenvalue weighted by Crippen LogP contribution is 2.50. The largest absolute Gasteiger partial charge is 0.434 e. The number of hydrogen-bond acceptors (Lipinski definition) is 8. The average molecular weight is 663 g/mol. The van der Waals surface area contributed by atoms with Crippen molar-refractivity contribution in [2.45, 2.75) is 50.6 Å². The van der Waals surface area contributed by atoms with Gasteiger partial charge in [-0.2, -0.15) is 0 Å². The number of carbonyl (C=O) groups excluding carboxylic acids is 1. The molecule has 0 unspecified atom stereocenters. The van der Waals surface area contributed by atoms with Crippen LogP contribution >= 0.6 is 11.3 Å². The molecule has 0 spiro atoms. The molecule has 0 radical (unpaired) electrons. The first-order valence-corrected chi connectivity index (χ1v) is 16.8. The van der Waals surface area contributed by atoms with E-state index in [1.54, 1.807) is 24.4 Å². The van der Waals surface area contributed by atoms with Gasteiger partial charge >= 0.3 is 5.76 Å². The number of benzene rings is 2. The SMILES string of the molecule is O=C1c2c(nc(CCc3ccc(F)cc3)c(-c3n[nH]c(=O)o3)c2-c2cc3ccnc(N[C@@H]4CCc5cc(F)ccc54)c3s2)[C@@H]2CCCN12. The Balaban J connectivity index is 1.21. The smallest absolute Gasteiger partial charge is 0.388 e. The summed E-state index contributed by atoms with van der Waals surface area (Å²) in [6.45, 7) is 0.647. The highest BCUT2D eigenvalue weighted by molar-refractivity contribution is 7.23. The van der Waals surface area contributed by atoms with Crippen LogP contribution in [0.5, 0.6) is 0 Å². The lowest BCUT2D eigenvalue weighted by atomic mass is 9.93. The second-order valence-corrected chi connectivity index (χ2v) is 13.6. The Labute approximate surface area is 276 Å². The Morgan fingerprint density at radius 2 is 1.83 bits per heavy atom. The van der Waals surface area contributed by atoms with E-state index in [4.69, 9.17) is 14.4 Å². The molecular weight excluding hydrogens is 634 g/mol. The Hall–Kier alpha value is -5.23. The number of hydrogen-bond donors (Lipinski definition) is 2. The predicted molar refractivity (Wildman–Crippen MR) is 177 cm³/mol. The number of nitrogens with zero attached hydrogens (tertiary/aromatic N) is 4. The topological polar surface area (TPSA) is 117 Å². The van der Waals surface area contributed by atoms with Gasteiger partial charge in [-0.1, -0.05) is 18.2 Å². The zero-order valence-electron chi connectivity index (χ0n) is 25.6. The first-order valence-electron chi connectivity index (χ1n) is 16.0. The van der Waals surface area contributed by atoms with E-state index in [1.165, 1.54) is 29.5 Å². The fourth-order valence-corrected chi connectivity index (χ4v) is 8.72. The van der Waals surface area contributed by atoms with Crippen molar-refractivity contribution in [1.29, 1.82) is 0 Å². The third kappa shape index (κ3) is 4.73. The van der Waals surface area contributed by atoms with E-state index in [0.29, 0.717) is 47.6 Å². The van der Waals surface area contributed by atoms with Gasteiger partial charge in [0.2, 0.25) is 0 Å². The number of anilines is 1. The van der Waals surface area contributed by atoms with E-state index in [9.17, 15) is 18.4 Å². The molecule has 2 aromatic carbocycles. The highest BCUT2D eigenvalue weighted by atomic mass is 32.1. The van der Waals surface area contributed by atoms with Crippen molar-refractivity contribution < 1.29 is 18.0 Å². The molecule has 2 atom stereocenters. The summed E-state index contributed by atoms with van der Waals surface area (Å²) in [4.78, 5) is 38.9. The molecule has 9 nitrogen and oxygen atoms in total. The van der Waals surface area contributed by atoms with Gasteiger partial charge in [0.25, 0.3) is 11.8 Å². The van der Waals surface area contributed by atoms with Crippen LogP contribution in [0, 0.1) is 11.6 Å². The van der Waals surface area contributed by atoms with E-state index in [2.05, 4.69) is 15.5 Å². The van der Waals surface area contributed by atoms with Crippen molar-refractivity contribution >= 4 is 33.1 Å². The molecule has 48 heavy (non-hydrogen) atoms. The Morgan fingerprint density at radius 1 is 0.979 bits per heavy atom. The number of thiophene rings is 1. The summed E-state index contributed by atoms with van der Waals surface area (Å²) in [6.07, 6.45) is 6.05. The lowest BCUT2D eigenvalue weighted by Gasteiger charge is -2.16. The number of carbonyl (C=O) groups is 1. The minimum absolute atomic E-state index is 0.0184. The van der Waals surface area contributed by atoms with Crippen LogP contribution < -0.4 is 11.1 Å². The van der Waals surface area contributed by atoms with Gasteiger partial charge in [0.05, 0.1) is 39.3 Å². The molecule has 2 N–H and O–H groups in total. The molecule has 1 fully saturated rings. The molecule has 1 amide bonds. The molecule has 1 aliphatic carbocycles. The quantitative estimate of drug-likeness (QED) is 0.186. The first-order chi connectivity index (χ1) is 23.4. The predicted octanol–water partition coefficient (Wildman–Crippen LogP) is 7.16. The van der Waals surface area contributed by atoms with Crippen molar-refractivity contribution in [3.63, 3.8) is 0 Å². The zero-order chi connectivity index (χ0) is 32.5. The number of fused-ring (bicyclic) bond motifs is 5. The molecule has 0 bridgehead atoms. The summed E-state index contributed by atoms with van der Waals surface area (Å²) in [7, 11) is 0. The van der Waals surface area contributed by atoms with Gasteiger partial charge in [0.1, 0.15) is 17.5 Å². The number of H-pyrrole nitrogens is 1. The summed E-state index contributed by atoms with van der Waals surface area (Å²) < 4.78 is 34.1. The molecule has 6 aromatic rings. The van der Waals surface area contributed by atoms with E-state index in [-0.39, 0.29) is 35.5 Å². The van der Waals surface area contributed by atoms with E-state index in [1.807, 2.05) is 23.1 Å². The maximum Gasteiger partial charge on any atom is 0.434 e. The fourth-order valence-electron chi connectivity index (χ4n) is 7.55. The van der Waals surface area contributed by atoms with E-state index >= 15 is 0 Å². The minimum Gasteiger partial charge on any atom is -0.388 e. The van der Waals surface area contributed by atoms with Crippen molar-refractivity contribution in [3.8, 4) is 21.9 Å². The molecule has 12 heteroatoms. The van der Waals surface area contributed by atoms with Gasteiger partial charge in [-0.25, -0.2) is 23.7 Å². The fraction of sp³-hybridized carbons (Fsp3) is 0.250. The van der Waals surface area contributed by atoms with Gasteiger partial charge in [-0.15, -0.1) is 16.4 Å². The van der Waals surface area contributed by atoms with Crippen molar-refractivity contribution in [2.75, 3.05) is 11.9 Å². The Morgan fingerprint density at radius 3 is 2.67 bits per heavy atom. The molecule has 1 saturated heterocycles. The molecule has 9 rings (SSSR count). The number of aromatic amines is 1. The first kappa shape index (κ1) is 29.0. The van der Waals surface area contributed by atoms with Crippen LogP contribution in [0.1, 0.15) is 69.8 Å². The number of halogens is 2. The van der Waals surface area contributed by atoms with Gasteiger partial charge < -0.3 is 14.6 Å². The van der Waals surface area contributed by atoms with Gasteiger partial charge in [0, 0.05) is 23.2 Å².